The molecule has 3 aromatic rings. The minimum atomic E-state index is -0.542. The zero-order valence-corrected chi connectivity index (χ0v) is 32.0. The second-order valence-corrected chi connectivity index (χ2v) is 15.0. The van der Waals surface area contributed by atoms with Crippen LogP contribution in [0.4, 0.5) is 8.78 Å². The fourth-order valence-electron chi connectivity index (χ4n) is 6.16. The van der Waals surface area contributed by atoms with E-state index in [0.717, 1.165) is 28.3 Å². The minimum absolute atomic E-state index is 0.106. The molecule has 1 aliphatic rings. The molecule has 4 rings (SSSR count). The van der Waals surface area contributed by atoms with Gasteiger partial charge in [0.25, 0.3) is 11.8 Å². The van der Waals surface area contributed by atoms with Gasteiger partial charge >= 0.3 is 0 Å². The molecule has 1 atom stereocenters. The van der Waals surface area contributed by atoms with Gasteiger partial charge in [-0.15, -0.1) is 0 Å². The van der Waals surface area contributed by atoms with Crippen LogP contribution in [0.3, 0.4) is 0 Å². The van der Waals surface area contributed by atoms with Crippen LogP contribution >= 0.6 is 11.8 Å². The first-order valence-electron chi connectivity index (χ1n) is 18.1. The van der Waals surface area contributed by atoms with E-state index in [9.17, 15) is 23.6 Å². The van der Waals surface area contributed by atoms with E-state index >= 15 is 4.39 Å². The molecule has 0 aliphatic carbocycles. The van der Waals surface area contributed by atoms with Gasteiger partial charge in [0, 0.05) is 67.0 Å². The van der Waals surface area contributed by atoms with Crippen LogP contribution in [0.5, 0.6) is 0 Å². The second-order valence-electron chi connectivity index (χ2n) is 13.9. The number of hydrogen-bond donors (Lipinski definition) is 2. The Morgan fingerprint density at radius 3 is 2.35 bits per heavy atom. The van der Waals surface area contributed by atoms with E-state index in [1.54, 1.807) is 0 Å². The Kier molecular flexibility index (Phi) is 16.4. The number of carbonyl (C=O) groups excluding carboxylic acids is 4. The molecule has 4 amide bonds. The van der Waals surface area contributed by atoms with Crippen molar-refractivity contribution in [3.63, 3.8) is 0 Å². The molecule has 0 radical (unpaired) electrons. The summed E-state index contributed by atoms with van der Waals surface area (Å²) in [6.07, 6.45) is 5.07. The summed E-state index contributed by atoms with van der Waals surface area (Å²) in [5, 5.41) is 2.81. The van der Waals surface area contributed by atoms with Gasteiger partial charge in [0.1, 0.15) is 11.6 Å². The highest BCUT2D eigenvalue weighted by Crippen LogP contribution is 2.41. The standard InChI is InChI=1S/C40H51F2N5O6S/c1-40(2,3)39(34-24-30(32-25-31(41)10-11-33(32)42)27-45(34)26-29-8-5-4-6-9-29)47(17-7-15-43)38(51)28-54-23-14-35(48)44-16-19-52-21-22-53-20-18-46-36(49)12-13-37(46)50/h4-6,8-13,24-25,27,39H,7,14-23,26,28,43H2,1-3H3,(H,44,48). The number of nitrogens with two attached hydrogens (primary N) is 1. The third-order valence-corrected chi connectivity index (χ3v) is 9.64. The number of imide groups is 1. The molecule has 0 saturated carbocycles. The van der Waals surface area contributed by atoms with E-state index in [4.69, 9.17) is 15.2 Å². The molecule has 0 fully saturated rings. The summed E-state index contributed by atoms with van der Waals surface area (Å²) in [4.78, 5) is 52.5. The molecule has 1 unspecified atom stereocenters. The summed E-state index contributed by atoms with van der Waals surface area (Å²) < 4.78 is 42.2. The summed E-state index contributed by atoms with van der Waals surface area (Å²) in [5.41, 5.74) is 7.94. The molecule has 2 heterocycles. The monoisotopic (exact) mass is 767 g/mol. The lowest BCUT2D eigenvalue weighted by molar-refractivity contribution is -0.138. The molecule has 0 spiro atoms. The normalized spacial score (nSPS) is 13.5. The van der Waals surface area contributed by atoms with Crippen LogP contribution in [0, 0.1) is 17.0 Å². The molecule has 0 saturated heterocycles. The largest absolute Gasteiger partial charge is 0.377 e. The summed E-state index contributed by atoms with van der Waals surface area (Å²) >= 11 is 1.37. The Hall–Kier alpha value is -4.37. The number of amides is 4. The van der Waals surface area contributed by atoms with Crippen molar-refractivity contribution in [1.29, 1.82) is 0 Å². The molecular formula is C40H51F2N5O6S. The van der Waals surface area contributed by atoms with Crippen molar-refractivity contribution >= 4 is 35.4 Å². The van der Waals surface area contributed by atoms with Gasteiger partial charge in [-0.1, -0.05) is 51.1 Å². The van der Waals surface area contributed by atoms with Crippen molar-refractivity contribution < 1.29 is 37.4 Å². The molecular weight excluding hydrogens is 717 g/mol. The van der Waals surface area contributed by atoms with Crippen LogP contribution in [0.2, 0.25) is 0 Å². The van der Waals surface area contributed by atoms with Crippen LogP contribution in [-0.4, -0.2) is 102 Å². The van der Waals surface area contributed by atoms with Crippen molar-refractivity contribution in [2.24, 2.45) is 11.1 Å². The number of nitrogens with zero attached hydrogens (tertiary/aromatic N) is 3. The molecule has 292 valence electrons. The van der Waals surface area contributed by atoms with Gasteiger partial charge in [-0.3, -0.25) is 24.1 Å². The lowest BCUT2D eigenvalue weighted by Gasteiger charge is -2.41. The van der Waals surface area contributed by atoms with Gasteiger partial charge in [-0.05, 0) is 48.2 Å². The maximum Gasteiger partial charge on any atom is 0.253 e. The van der Waals surface area contributed by atoms with Crippen LogP contribution in [-0.2, 0) is 35.2 Å². The number of rotatable bonds is 22. The number of halogens is 2. The Morgan fingerprint density at radius 2 is 1.67 bits per heavy atom. The van der Waals surface area contributed by atoms with Crippen molar-refractivity contribution in [3.05, 3.63) is 95.8 Å². The quantitative estimate of drug-likeness (QED) is 0.108. The molecule has 54 heavy (non-hydrogen) atoms. The maximum atomic E-state index is 15.0. The molecule has 0 bridgehead atoms. The van der Waals surface area contributed by atoms with Crippen molar-refractivity contribution in [1.82, 2.24) is 19.7 Å². The molecule has 14 heteroatoms. The fraction of sp³-hybridized carbons (Fsp3) is 0.450. The zero-order chi connectivity index (χ0) is 39.1. The van der Waals surface area contributed by atoms with E-state index < -0.39 is 23.1 Å². The lowest BCUT2D eigenvalue weighted by Crippen LogP contribution is -2.44. The number of aromatic nitrogens is 1. The van der Waals surface area contributed by atoms with Gasteiger partial charge in [0.15, 0.2) is 0 Å². The number of hydrogen-bond acceptors (Lipinski definition) is 8. The number of carbonyl (C=O) groups is 4. The molecule has 1 aliphatic heterocycles. The second kappa shape index (κ2) is 20.9. The first-order chi connectivity index (χ1) is 25.9. The molecule has 2 aromatic carbocycles. The van der Waals surface area contributed by atoms with Crippen LogP contribution in [0.15, 0.2) is 72.9 Å². The maximum absolute atomic E-state index is 15.0. The average Bonchev–Trinajstić information content (AvgIpc) is 3.69. The van der Waals surface area contributed by atoms with Crippen molar-refractivity contribution in [2.45, 2.75) is 46.2 Å². The number of thioether (sulfide) groups is 1. The summed E-state index contributed by atoms with van der Waals surface area (Å²) in [6.45, 7) is 8.98. The van der Waals surface area contributed by atoms with Gasteiger partial charge in [-0.25, -0.2) is 8.78 Å². The number of ether oxygens (including phenoxy) is 2. The van der Waals surface area contributed by atoms with E-state index in [1.807, 2.05) is 52.1 Å². The molecule has 3 N–H and O–H groups in total. The Morgan fingerprint density at radius 1 is 0.963 bits per heavy atom. The predicted octanol–water partition coefficient (Wildman–Crippen LogP) is 4.94. The summed E-state index contributed by atoms with van der Waals surface area (Å²) in [6, 6.07) is 14.6. The van der Waals surface area contributed by atoms with Crippen LogP contribution in [0.1, 0.15) is 50.9 Å². The highest BCUT2D eigenvalue weighted by atomic mass is 32.2. The van der Waals surface area contributed by atoms with Crippen LogP contribution in [0.25, 0.3) is 11.1 Å². The fourth-order valence-corrected chi connectivity index (χ4v) is 6.97. The highest BCUT2D eigenvalue weighted by molar-refractivity contribution is 7.99. The highest BCUT2D eigenvalue weighted by Gasteiger charge is 2.37. The first kappa shape index (κ1) is 42.4. The molecule has 11 nitrogen and oxygen atoms in total. The number of benzene rings is 2. The summed E-state index contributed by atoms with van der Waals surface area (Å²) in [7, 11) is 0. The topological polar surface area (TPSA) is 136 Å². The summed E-state index contributed by atoms with van der Waals surface area (Å²) in [5.74, 6) is -1.46. The van der Waals surface area contributed by atoms with Gasteiger partial charge < -0.3 is 30.0 Å². The zero-order valence-electron chi connectivity index (χ0n) is 31.2. The third-order valence-electron chi connectivity index (χ3n) is 8.70. The van der Waals surface area contributed by atoms with E-state index in [1.165, 1.54) is 30.0 Å². The average molecular weight is 768 g/mol. The SMILES string of the molecule is CC(C)(C)C(c1cc(-c2cc(F)ccc2F)cn1Cc1ccccc1)N(CCCN)C(=O)CSCCC(=O)NCCOCCOCCN1C(=O)C=CC1=O. The Labute approximate surface area is 320 Å². The van der Waals surface area contributed by atoms with Gasteiger partial charge in [0.2, 0.25) is 11.8 Å². The van der Waals surface area contributed by atoms with Gasteiger partial charge in [0.05, 0.1) is 44.8 Å². The van der Waals surface area contributed by atoms with Crippen molar-refractivity contribution in [3.8, 4) is 11.1 Å². The first-order valence-corrected chi connectivity index (χ1v) is 19.3. The molecule has 1 aromatic heterocycles. The predicted molar refractivity (Wildman–Crippen MR) is 205 cm³/mol. The number of nitrogens with one attached hydrogen (secondary N) is 1. The van der Waals surface area contributed by atoms with E-state index in [0.29, 0.717) is 50.5 Å². The van der Waals surface area contributed by atoms with Crippen molar-refractivity contribution in [2.75, 3.05) is 64.1 Å². The smallest absolute Gasteiger partial charge is 0.253 e. The Bertz CT molecular complexity index is 1730. The lowest BCUT2D eigenvalue weighted by atomic mass is 9.83. The van der Waals surface area contributed by atoms with Gasteiger partial charge in [-0.2, -0.15) is 11.8 Å². The minimum Gasteiger partial charge on any atom is -0.377 e. The Balaban J connectivity index is 1.32. The van der Waals surface area contributed by atoms with Crippen LogP contribution < -0.4 is 11.1 Å². The van der Waals surface area contributed by atoms with E-state index in [-0.39, 0.29) is 67.7 Å². The van der Waals surface area contributed by atoms with E-state index in [2.05, 4.69) is 26.1 Å². The third kappa shape index (κ3) is 12.6.